The second-order valence-electron chi connectivity index (χ2n) is 14.5. The molecule has 3 rings (SSSR count). The van der Waals surface area contributed by atoms with Gasteiger partial charge in [0.05, 0.1) is 24.9 Å². The van der Waals surface area contributed by atoms with Crippen LogP contribution < -0.4 is 10.6 Å². The normalized spacial score (nSPS) is 23.1. The van der Waals surface area contributed by atoms with E-state index >= 15 is 0 Å². The first kappa shape index (κ1) is 36.3. The fourth-order valence-corrected chi connectivity index (χ4v) is 6.89. The standard InChI is InChI=1S/C33H55N5O7/c1-8-10-33(5,6)25(18-32(3,4)9-2)38-21-23(16-28(38)41)30(43)35-11-13-36-19-22(15-26(36)39)29(42)34-12-14-37-20-24(17-27(37)40)31(44)45-7/h22-25H,8-21H2,1-7H3,(H,34,42)(H,35,43). The highest BCUT2D eigenvalue weighted by Gasteiger charge is 2.45. The van der Waals surface area contributed by atoms with Crippen LogP contribution in [0.3, 0.4) is 0 Å². The van der Waals surface area contributed by atoms with Crippen molar-refractivity contribution in [2.45, 2.75) is 92.5 Å². The van der Waals surface area contributed by atoms with Gasteiger partial charge in [0.1, 0.15) is 0 Å². The molecule has 3 saturated heterocycles. The minimum absolute atomic E-state index is 0.0252. The van der Waals surface area contributed by atoms with Crippen LogP contribution in [0, 0.1) is 28.6 Å². The lowest BCUT2D eigenvalue weighted by molar-refractivity contribution is -0.145. The molecule has 0 aromatic carbocycles. The number of methoxy groups -OCH3 is 1. The van der Waals surface area contributed by atoms with Crippen molar-refractivity contribution in [1.29, 1.82) is 0 Å². The summed E-state index contributed by atoms with van der Waals surface area (Å²) in [5.41, 5.74) is 0.00989. The third-order valence-corrected chi connectivity index (χ3v) is 10.1. The number of hydrogen-bond donors (Lipinski definition) is 2. The zero-order valence-corrected chi connectivity index (χ0v) is 28.4. The van der Waals surface area contributed by atoms with E-state index in [1.54, 1.807) is 4.90 Å². The molecule has 3 aliphatic rings. The van der Waals surface area contributed by atoms with E-state index in [1.165, 1.54) is 12.0 Å². The number of nitrogens with one attached hydrogen (secondary N) is 2. The molecule has 3 heterocycles. The van der Waals surface area contributed by atoms with Crippen molar-refractivity contribution >= 4 is 35.5 Å². The van der Waals surface area contributed by atoms with Gasteiger partial charge in [-0.1, -0.05) is 54.4 Å². The second-order valence-corrected chi connectivity index (χ2v) is 14.5. The molecule has 0 bridgehead atoms. The molecule has 4 unspecified atom stereocenters. The highest BCUT2D eigenvalue weighted by molar-refractivity contribution is 5.90. The van der Waals surface area contributed by atoms with Crippen molar-refractivity contribution in [2.75, 3.05) is 52.9 Å². The van der Waals surface area contributed by atoms with Gasteiger partial charge in [-0.25, -0.2) is 0 Å². The molecule has 4 atom stereocenters. The molecule has 254 valence electrons. The topological polar surface area (TPSA) is 145 Å². The summed E-state index contributed by atoms with van der Waals surface area (Å²) in [7, 11) is 1.29. The highest BCUT2D eigenvalue weighted by Crippen LogP contribution is 2.41. The van der Waals surface area contributed by atoms with Gasteiger partial charge in [-0.3, -0.25) is 28.8 Å². The minimum Gasteiger partial charge on any atom is -0.469 e. The van der Waals surface area contributed by atoms with Crippen LogP contribution >= 0.6 is 0 Å². The van der Waals surface area contributed by atoms with Crippen molar-refractivity contribution in [1.82, 2.24) is 25.3 Å². The maximum absolute atomic E-state index is 13.2. The summed E-state index contributed by atoms with van der Waals surface area (Å²) in [4.78, 5) is 80.6. The van der Waals surface area contributed by atoms with E-state index in [9.17, 15) is 28.8 Å². The van der Waals surface area contributed by atoms with E-state index in [4.69, 9.17) is 4.74 Å². The Morgan fingerprint density at radius 1 is 0.800 bits per heavy atom. The first-order valence-corrected chi connectivity index (χ1v) is 16.6. The number of nitrogens with zero attached hydrogens (tertiary/aromatic N) is 3. The van der Waals surface area contributed by atoms with Crippen molar-refractivity contribution in [3.63, 3.8) is 0 Å². The molecule has 0 aromatic heterocycles. The van der Waals surface area contributed by atoms with Crippen molar-refractivity contribution in [2.24, 2.45) is 28.6 Å². The van der Waals surface area contributed by atoms with E-state index in [1.807, 2.05) is 4.90 Å². The SMILES string of the molecule is CCCC(C)(C)C(CC(C)(C)CC)N1CC(C(=O)NCCN2CC(C(=O)NCCN3CC(C(=O)OC)CC3=O)CC2=O)CC1=O. The predicted octanol–water partition coefficient (Wildman–Crippen LogP) is 1.96. The van der Waals surface area contributed by atoms with E-state index in [2.05, 4.69) is 52.2 Å². The first-order valence-electron chi connectivity index (χ1n) is 16.6. The molecule has 0 radical (unpaired) electrons. The van der Waals surface area contributed by atoms with Gasteiger partial charge in [0.25, 0.3) is 0 Å². The lowest BCUT2D eigenvalue weighted by Crippen LogP contribution is -2.49. The molecule has 0 spiro atoms. The third kappa shape index (κ3) is 9.42. The average Bonchev–Trinajstić information content (AvgIpc) is 3.67. The van der Waals surface area contributed by atoms with E-state index in [0.717, 1.165) is 25.7 Å². The molecule has 0 aliphatic carbocycles. The molecule has 3 aliphatic heterocycles. The molecule has 12 nitrogen and oxygen atoms in total. The van der Waals surface area contributed by atoms with Crippen molar-refractivity contribution in [3.05, 3.63) is 0 Å². The zero-order chi connectivity index (χ0) is 33.5. The maximum Gasteiger partial charge on any atom is 0.310 e. The Bertz CT molecular complexity index is 1120. The smallest absolute Gasteiger partial charge is 0.310 e. The summed E-state index contributed by atoms with van der Waals surface area (Å²) in [6.07, 6.45) is 4.29. The predicted molar refractivity (Wildman–Crippen MR) is 168 cm³/mol. The van der Waals surface area contributed by atoms with Gasteiger partial charge in [-0.05, 0) is 23.7 Å². The Balaban J connectivity index is 1.44. The monoisotopic (exact) mass is 633 g/mol. The number of carbonyl (C=O) groups is 6. The quantitative estimate of drug-likeness (QED) is 0.247. The molecule has 2 N–H and O–H groups in total. The van der Waals surface area contributed by atoms with Crippen LogP contribution in [0.25, 0.3) is 0 Å². The van der Waals surface area contributed by atoms with Crippen LogP contribution in [0.1, 0.15) is 86.5 Å². The maximum atomic E-state index is 13.2. The van der Waals surface area contributed by atoms with Gasteiger partial charge >= 0.3 is 5.97 Å². The molecule has 0 saturated carbocycles. The Hall–Kier alpha value is -3.18. The largest absolute Gasteiger partial charge is 0.469 e. The number of esters is 1. The zero-order valence-electron chi connectivity index (χ0n) is 28.4. The van der Waals surface area contributed by atoms with Gasteiger partial charge in [-0.15, -0.1) is 0 Å². The average molecular weight is 634 g/mol. The Labute approximate surface area is 268 Å². The van der Waals surface area contributed by atoms with E-state index in [0.29, 0.717) is 6.54 Å². The first-order chi connectivity index (χ1) is 21.1. The number of amides is 5. The van der Waals surface area contributed by atoms with Gasteiger partial charge in [0, 0.05) is 71.1 Å². The number of rotatable bonds is 16. The third-order valence-electron chi connectivity index (χ3n) is 10.1. The number of hydrogen-bond acceptors (Lipinski definition) is 7. The van der Waals surface area contributed by atoms with Crippen LogP contribution in [0.2, 0.25) is 0 Å². The highest BCUT2D eigenvalue weighted by atomic mass is 16.5. The minimum atomic E-state index is -0.512. The van der Waals surface area contributed by atoms with Crippen LogP contribution in [-0.4, -0.2) is 109 Å². The Kier molecular flexibility index (Phi) is 12.4. The summed E-state index contributed by atoms with van der Waals surface area (Å²) >= 11 is 0. The van der Waals surface area contributed by atoms with Crippen LogP contribution in [0.15, 0.2) is 0 Å². The van der Waals surface area contributed by atoms with E-state index in [-0.39, 0.29) is 105 Å². The fraction of sp³-hybridized carbons (Fsp3) is 0.818. The molecule has 0 aromatic rings. The number of likely N-dealkylation sites (tertiary alicyclic amines) is 3. The number of ether oxygens (including phenoxy) is 1. The molecular formula is C33H55N5O7. The Morgan fingerprint density at radius 3 is 1.80 bits per heavy atom. The number of carbonyl (C=O) groups excluding carboxylic acids is 6. The van der Waals surface area contributed by atoms with Crippen LogP contribution in [0.4, 0.5) is 0 Å². The van der Waals surface area contributed by atoms with Gasteiger partial charge < -0.3 is 30.1 Å². The van der Waals surface area contributed by atoms with Crippen molar-refractivity contribution < 1.29 is 33.5 Å². The molecule has 5 amide bonds. The molecule has 3 fully saturated rings. The Morgan fingerprint density at radius 2 is 1.29 bits per heavy atom. The lowest BCUT2D eigenvalue weighted by Gasteiger charge is -2.44. The van der Waals surface area contributed by atoms with Gasteiger partial charge in [0.15, 0.2) is 0 Å². The molecular weight excluding hydrogens is 578 g/mol. The molecule has 45 heavy (non-hydrogen) atoms. The summed E-state index contributed by atoms with van der Waals surface area (Å²) in [5.74, 6) is -2.57. The van der Waals surface area contributed by atoms with E-state index < -0.39 is 23.7 Å². The van der Waals surface area contributed by atoms with Gasteiger partial charge in [0.2, 0.25) is 29.5 Å². The fourth-order valence-electron chi connectivity index (χ4n) is 6.89. The van der Waals surface area contributed by atoms with Crippen molar-refractivity contribution in [3.8, 4) is 0 Å². The van der Waals surface area contributed by atoms with Crippen LogP contribution in [-0.2, 0) is 33.5 Å². The van der Waals surface area contributed by atoms with Gasteiger partial charge in [-0.2, -0.15) is 0 Å². The summed E-state index contributed by atoms with van der Waals surface area (Å²) in [5, 5.41) is 5.72. The summed E-state index contributed by atoms with van der Waals surface area (Å²) < 4.78 is 4.72. The molecule has 12 heteroatoms. The van der Waals surface area contributed by atoms with Crippen LogP contribution in [0.5, 0.6) is 0 Å². The second kappa shape index (κ2) is 15.4. The summed E-state index contributed by atoms with van der Waals surface area (Å²) in [6, 6.07) is 0.0515. The summed E-state index contributed by atoms with van der Waals surface area (Å²) in [6.45, 7) is 15.2. The lowest BCUT2D eigenvalue weighted by atomic mass is 9.71.